The molecule has 0 fully saturated rings. The maximum atomic E-state index is 11.6. The molecule has 7 heteroatoms. The van der Waals surface area contributed by atoms with E-state index in [1.807, 2.05) is 0 Å². The van der Waals surface area contributed by atoms with Crippen molar-refractivity contribution < 1.29 is 18.9 Å². The summed E-state index contributed by atoms with van der Waals surface area (Å²) in [5.41, 5.74) is 1.90. The van der Waals surface area contributed by atoms with Crippen molar-refractivity contribution >= 4 is 22.8 Å². The van der Waals surface area contributed by atoms with Gasteiger partial charge in [-0.1, -0.05) is 0 Å². The highest BCUT2D eigenvalue weighted by Crippen LogP contribution is 2.27. The Balaban J connectivity index is 1.93. The number of rotatable bonds is 4. The minimum atomic E-state index is -0.490. The molecule has 0 spiro atoms. The number of benzene rings is 2. The molecular weight excluding hydrogens is 300 g/mol. The van der Waals surface area contributed by atoms with Gasteiger partial charge in [0.1, 0.15) is 5.52 Å². The van der Waals surface area contributed by atoms with E-state index in [1.54, 1.807) is 31.2 Å². The van der Waals surface area contributed by atoms with Crippen molar-refractivity contribution in [1.29, 1.82) is 0 Å². The number of nitro groups is 1. The third kappa shape index (κ3) is 2.89. The summed E-state index contributed by atoms with van der Waals surface area (Å²) < 4.78 is 10.5. The summed E-state index contributed by atoms with van der Waals surface area (Å²) in [4.78, 5) is 26.2. The number of esters is 1. The highest BCUT2D eigenvalue weighted by atomic mass is 16.6. The molecule has 0 atom stereocenters. The third-order valence-electron chi connectivity index (χ3n) is 3.23. The predicted octanol–water partition coefficient (Wildman–Crippen LogP) is 3.58. The lowest BCUT2D eigenvalue weighted by atomic mass is 10.1. The highest BCUT2D eigenvalue weighted by molar-refractivity contribution is 5.90. The van der Waals surface area contributed by atoms with Crippen molar-refractivity contribution in [1.82, 2.24) is 4.98 Å². The van der Waals surface area contributed by atoms with Gasteiger partial charge in [-0.05, 0) is 37.3 Å². The molecule has 0 N–H and O–H groups in total. The third-order valence-corrected chi connectivity index (χ3v) is 3.23. The zero-order chi connectivity index (χ0) is 16.4. The summed E-state index contributed by atoms with van der Waals surface area (Å²) in [5, 5.41) is 10.8. The van der Waals surface area contributed by atoms with Crippen LogP contribution in [0.15, 0.2) is 46.9 Å². The van der Waals surface area contributed by atoms with Crippen LogP contribution in [0.25, 0.3) is 22.6 Å². The predicted molar refractivity (Wildman–Crippen MR) is 82.1 cm³/mol. The Kier molecular flexibility index (Phi) is 3.76. The number of aromatic nitrogens is 1. The Morgan fingerprint density at radius 2 is 2.00 bits per heavy atom. The minimum absolute atomic E-state index is 0.0575. The van der Waals surface area contributed by atoms with E-state index in [0.29, 0.717) is 34.7 Å². The van der Waals surface area contributed by atoms with Crippen molar-refractivity contribution in [2.45, 2.75) is 6.92 Å². The second kappa shape index (κ2) is 5.88. The summed E-state index contributed by atoms with van der Waals surface area (Å²) in [6.45, 7) is 2.05. The molecule has 23 heavy (non-hydrogen) atoms. The lowest BCUT2D eigenvalue weighted by Crippen LogP contribution is -2.03. The number of carbonyl (C=O) groups excluding carboxylic acids is 1. The van der Waals surface area contributed by atoms with E-state index in [-0.39, 0.29) is 5.69 Å². The van der Waals surface area contributed by atoms with Gasteiger partial charge in [-0.15, -0.1) is 0 Å². The van der Waals surface area contributed by atoms with Crippen LogP contribution in [0.2, 0.25) is 0 Å². The number of hydrogen-bond donors (Lipinski definition) is 0. The van der Waals surface area contributed by atoms with Crippen molar-refractivity contribution in [2.24, 2.45) is 0 Å². The lowest BCUT2D eigenvalue weighted by molar-refractivity contribution is -0.384. The van der Waals surface area contributed by atoms with E-state index in [2.05, 4.69) is 4.98 Å². The van der Waals surface area contributed by atoms with Gasteiger partial charge in [0.15, 0.2) is 5.58 Å². The van der Waals surface area contributed by atoms with Gasteiger partial charge in [0.25, 0.3) is 5.69 Å². The smallest absolute Gasteiger partial charge is 0.338 e. The van der Waals surface area contributed by atoms with Crippen LogP contribution in [0, 0.1) is 10.1 Å². The van der Waals surface area contributed by atoms with Gasteiger partial charge in [-0.25, -0.2) is 9.78 Å². The molecule has 1 heterocycles. The Bertz CT molecular complexity index is 883. The molecular formula is C16H12N2O5. The quantitative estimate of drug-likeness (QED) is 0.415. The lowest BCUT2D eigenvalue weighted by Gasteiger charge is -2.01. The molecule has 0 aliphatic rings. The van der Waals surface area contributed by atoms with Crippen LogP contribution < -0.4 is 0 Å². The van der Waals surface area contributed by atoms with Crippen LogP contribution in [0.4, 0.5) is 5.69 Å². The maximum absolute atomic E-state index is 11.6. The molecule has 0 unspecified atom stereocenters. The SMILES string of the molecule is CCOC(=O)c1ccc(-c2nc3ccc([N+](=O)[O-])cc3o2)cc1. The summed E-state index contributed by atoms with van der Waals surface area (Å²) in [5.74, 6) is -0.0665. The van der Waals surface area contributed by atoms with Crippen molar-refractivity contribution in [3.63, 3.8) is 0 Å². The molecule has 0 amide bonds. The van der Waals surface area contributed by atoms with Crippen LogP contribution in [0.1, 0.15) is 17.3 Å². The van der Waals surface area contributed by atoms with Crippen LogP contribution >= 0.6 is 0 Å². The Hall–Kier alpha value is -3.22. The van der Waals surface area contributed by atoms with E-state index < -0.39 is 10.9 Å². The molecule has 116 valence electrons. The van der Waals surface area contributed by atoms with E-state index in [1.165, 1.54) is 18.2 Å². The number of fused-ring (bicyclic) bond motifs is 1. The minimum Gasteiger partial charge on any atom is -0.462 e. The van der Waals surface area contributed by atoms with Gasteiger partial charge in [0.2, 0.25) is 5.89 Å². The number of hydrogen-bond acceptors (Lipinski definition) is 6. The first kappa shape index (κ1) is 14.7. The monoisotopic (exact) mass is 312 g/mol. The number of carbonyl (C=O) groups is 1. The second-order valence-electron chi connectivity index (χ2n) is 4.73. The van der Waals surface area contributed by atoms with Gasteiger partial charge in [-0.2, -0.15) is 0 Å². The first-order valence-corrected chi connectivity index (χ1v) is 6.91. The Labute approximate surface area is 130 Å². The number of oxazole rings is 1. The van der Waals surface area contributed by atoms with Gasteiger partial charge < -0.3 is 9.15 Å². The van der Waals surface area contributed by atoms with E-state index >= 15 is 0 Å². The molecule has 0 aliphatic carbocycles. The first-order chi connectivity index (χ1) is 11.1. The maximum Gasteiger partial charge on any atom is 0.338 e. The first-order valence-electron chi connectivity index (χ1n) is 6.91. The normalized spacial score (nSPS) is 10.7. The molecule has 2 aromatic carbocycles. The topological polar surface area (TPSA) is 95.5 Å². The fraction of sp³-hybridized carbons (Fsp3) is 0.125. The second-order valence-corrected chi connectivity index (χ2v) is 4.73. The standard InChI is InChI=1S/C16H12N2O5/c1-2-22-16(19)11-5-3-10(4-6-11)15-17-13-8-7-12(18(20)21)9-14(13)23-15/h3-9H,2H2,1H3. The van der Waals surface area contributed by atoms with Crippen molar-refractivity contribution in [3.05, 3.63) is 58.1 Å². The van der Waals surface area contributed by atoms with Crippen LogP contribution in [-0.4, -0.2) is 22.5 Å². The zero-order valence-corrected chi connectivity index (χ0v) is 12.2. The van der Waals surface area contributed by atoms with Gasteiger partial charge in [-0.3, -0.25) is 10.1 Å². The fourth-order valence-corrected chi connectivity index (χ4v) is 2.11. The van der Waals surface area contributed by atoms with Crippen molar-refractivity contribution in [3.8, 4) is 11.5 Å². The van der Waals surface area contributed by atoms with E-state index in [4.69, 9.17) is 9.15 Å². The Morgan fingerprint density at radius 1 is 1.26 bits per heavy atom. The molecule has 3 aromatic rings. The molecule has 0 aliphatic heterocycles. The van der Waals surface area contributed by atoms with Crippen LogP contribution in [-0.2, 0) is 4.74 Å². The molecule has 0 bridgehead atoms. The largest absolute Gasteiger partial charge is 0.462 e. The summed E-state index contributed by atoms with van der Waals surface area (Å²) in [6, 6.07) is 10.8. The van der Waals surface area contributed by atoms with Crippen LogP contribution in [0.3, 0.4) is 0 Å². The zero-order valence-electron chi connectivity index (χ0n) is 12.2. The van der Waals surface area contributed by atoms with Crippen LogP contribution in [0.5, 0.6) is 0 Å². The molecule has 0 saturated heterocycles. The molecule has 1 aromatic heterocycles. The average Bonchev–Trinajstić information content (AvgIpc) is 2.98. The number of nitro benzene ring substituents is 1. The summed E-state index contributed by atoms with van der Waals surface area (Å²) in [6.07, 6.45) is 0. The average molecular weight is 312 g/mol. The van der Waals surface area contributed by atoms with Gasteiger partial charge >= 0.3 is 5.97 Å². The number of non-ortho nitro benzene ring substituents is 1. The number of ether oxygens (including phenoxy) is 1. The van der Waals surface area contributed by atoms with E-state index in [9.17, 15) is 14.9 Å². The molecule has 3 rings (SSSR count). The van der Waals surface area contributed by atoms with Crippen molar-refractivity contribution in [2.75, 3.05) is 6.61 Å². The number of nitrogens with zero attached hydrogens (tertiary/aromatic N) is 2. The molecule has 7 nitrogen and oxygen atoms in total. The van der Waals surface area contributed by atoms with Gasteiger partial charge in [0.05, 0.1) is 23.2 Å². The highest BCUT2D eigenvalue weighted by Gasteiger charge is 2.13. The van der Waals surface area contributed by atoms with E-state index in [0.717, 1.165) is 0 Å². The summed E-state index contributed by atoms with van der Waals surface area (Å²) >= 11 is 0. The Morgan fingerprint density at radius 3 is 2.65 bits per heavy atom. The fourth-order valence-electron chi connectivity index (χ4n) is 2.11. The molecule has 0 radical (unpaired) electrons. The summed E-state index contributed by atoms with van der Waals surface area (Å²) in [7, 11) is 0. The molecule has 0 saturated carbocycles. The van der Waals surface area contributed by atoms with Gasteiger partial charge in [0, 0.05) is 11.6 Å².